The molecule has 0 saturated heterocycles. The molecule has 2 nitrogen and oxygen atoms in total. The van der Waals surface area contributed by atoms with E-state index in [9.17, 15) is 0 Å². The van der Waals surface area contributed by atoms with Gasteiger partial charge in [-0.2, -0.15) is 0 Å². The van der Waals surface area contributed by atoms with Gasteiger partial charge in [0.2, 0.25) is 0 Å². The van der Waals surface area contributed by atoms with Crippen LogP contribution in [0.5, 0.6) is 0 Å². The van der Waals surface area contributed by atoms with Crippen LogP contribution in [0.25, 0.3) is 0 Å². The first kappa shape index (κ1) is 15.1. The minimum absolute atomic E-state index is 0.385. The first-order valence-corrected chi connectivity index (χ1v) is 8.37. The van der Waals surface area contributed by atoms with Crippen LogP contribution in [-0.2, 0) is 0 Å². The molecule has 0 fully saturated rings. The van der Waals surface area contributed by atoms with E-state index in [0.29, 0.717) is 5.41 Å². The van der Waals surface area contributed by atoms with Gasteiger partial charge in [-0.05, 0) is 25.2 Å². The summed E-state index contributed by atoms with van der Waals surface area (Å²) in [7, 11) is 0. The SMILES string of the molecule is CCCC(CBr)(CCC)CSc1nc(C)co1. The molecule has 1 rings (SSSR count). The van der Waals surface area contributed by atoms with Gasteiger partial charge in [-0.15, -0.1) is 0 Å². The van der Waals surface area contributed by atoms with Gasteiger partial charge in [0.1, 0.15) is 6.26 Å². The van der Waals surface area contributed by atoms with Crippen LogP contribution in [0.3, 0.4) is 0 Å². The summed E-state index contributed by atoms with van der Waals surface area (Å²) >= 11 is 5.43. The standard InChI is InChI=1S/C13H22BrNOS/c1-4-6-13(9-14,7-5-2)10-17-12-15-11(3)8-16-12/h8H,4-7,9-10H2,1-3H3. The number of hydrogen-bond acceptors (Lipinski definition) is 3. The van der Waals surface area contributed by atoms with Crippen molar-refractivity contribution in [2.45, 2.75) is 51.7 Å². The van der Waals surface area contributed by atoms with Crippen molar-refractivity contribution >= 4 is 27.7 Å². The predicted molar refractivity (Wildman–Crippen MR) is 78.0 cm³/mol. The second-order valence-electron chi connectivity index (χ2n) is 4.68. The van der Waals surface area contributed by atoms with E-state index in [1.165, 1.54) is 25.7 Å². The normalized spacial score (nSPS) is 12.0. The largest absolute Gasteiger partial charge is 0.440 e. The molecule has 0 bridgehead atoms. The van der Waals surface area contributed by atoms with E-state index in [0.717, 1.165) is 22.0 Å². The molecule has 0 aromatic carbocycles. The summed E-state index contributed by atoms with van der Waals surface area (Å²) in [5.41, 5.74) is 1.35. The quantitative estimate of drug-likeness (QED) is 0.495. The van der Waals surface area contributed by atoms with Gasteiger partial charge in [0, 0.05) is 11.1 Å². The van der Waals surface area contributed by atoms with Gasteiger partial charge in [-0.3, -0.25) is 0 Å². The van der Waals surface area contributed by atoms with Gasteiger partial charge in [0.15, 0.2) is 0 Å². The molecule has 0 unspecified atom stereocenters. The van der Waals surface area contributed by atoms with Crippen LogP contribution in [0.15, 0.2) is 15.9 Å². The molecular weight excluding hydrogens is 298 g/mol. The van der Waals surface area contributed by atoms with Crippen LogP contribution in [0, 0.1) is 12.3 Å². The highest BCUT2D eigenvalue weighted by Crippen LogP contribution is 2.37. The molecule has 98 valence electrons. The number of thioether (sulfide) groups is 1. The predicted octanol–water partition coefficient (Wildman–Crippen LogP) is 5.06. The van der Waals surface area contributed by atoms with Gasteiger partial charge in [-0.1, -0.05) is 54.4 Å². The molecule has 0 aliphatic heterocycles. The van der Waals surface area contributed by atoms with Crippen molar-refractivity contribution in [2.75, 3.05) is 11.1 Å². The van der Waals surface area contributed by atoms with Crippen LogP contribution < -0.4 is 0 Å². The molecule has 0 radical (unpaired) electrons. The van der Waals surface area contributed by atoms with E-state index in [-0.39, 0.29) is 0 Å². The van der Waals surface area contributed by atoms with Crippen molar-refractivity contribution < 1.29 is 4.42 Å². The molecular formula is C13H22BrNOS. The zero-order valence-electron chi connectivity index (χ0n) is 11.0. The second-order valence-corrected chi connectivity index (χ2v) is 6.16. The van der Waals surface area contributed by atoms with E-state index in [1.807, 2.05) is 6.92 Å². The monoisotopic (exact) mass is 319 g/mol. The fraction of sp³-hybridized carbons (Fsp3) is 0.769. The number of rotatable bonds is 8. The first-order valence-electron chi connectivity index (χ1n) is 6.26. The van der Waals surface area contributed by atoms with Crippen molar-refractivity contribution in [3.8, 4) is 0 Å². The summed E-state index contributed by atoms with van der Waals surface area (Å²) in [5, 5.41) is 1.87. The third kappa shape index (κ3) is 4.66. The lowest BCUT2D eigenvalue weighted by atomic mass is 9.83. The number of nitrogens with zero attached hydrogens (tertiary/aromatic N) is 1. The Morgan fingerprint density at radius 3 is 2.41 bits per heavy atom. The molecule has 4 heteroatoms. The van der Waals surface area contributed by atoms with Crippen molar-refractivity contribution in [3.63, 3.8) is 0 Å². The molecule has 1 aromatic rings. The van der Waals surface area contributed by atoms with Crippen LogP contribution >= 0.6 is 27.7 Å². The highest BCUT2D eigenvalue weighted by atomic mass is 79.9. The molecule has 0 N–H and O–H groups in total. The fourth-order valence-corrected chi connectivity index (χ4v) is 4.28. The topological polar surface area (TPSA) is 26.0 Å². The summed E-state index contributed by atoms with van der Waals surface area (Å²) < 4.78 is 5.40. The maximum atomic E-state index is 5.40. The maximum absolute atomic E-state index is 5.40. The van der Waals surface area contributed by atoms with Gasteiger partial charge in [-0.25, -0.2) is 4.98 Å². The average molecular weight is 320 g/mol. The number of halogens is 1. The second kappa shape index (κ2) is 7.47. The Kier molecular flexibility index (Phi) is 6.63. The summed E-state index contributed by atoms with van der Waals surface area (Å²) in [6.07, 6.45) is 6.71. The summed E-state index contributed by atoms with van der Waals surface area (Å²) in [4.78, 5) is 4.35. The van der Waals surface area contributed by atoms with E-state index in [4.69, 9.17) is 4.42 Å². The van der Waals surface area contributed by atoms with E-state index >= 15 is 0 Å². The summed E-state index contributed by atoms with van der Waals surface area (Å²) in [6.45, 7) is 6.48. The van der Waals surface area contributed by atoms with Crippen LogP contribution in [0.1, 0.15) is 45.2 Å². The third-order valence-corrected chi connectivity index (χ3v) is 5.32. The molecule has 0 spiro atoms. The highest BCUT2D eigenvalue weighted by molar-refractivity contribution is 9.09. The van der Waals surface area contributed by atoms with Gasteiger partial charge >= 0.3 is 0 Å². The van der Waals surface area contributed by atoms with Crippen molar-refractivity contribution in [2.24, 2.45) is 5.41 Å². The van der Waals surface area contributed by atoms with Crippen LogP contribution in [-0.4, -0.2) is 16.1 Å². The molecule has 1 aromatic heterocycles. The Bertz CT molecular complexity index is 321. The van der Waals surface area contributed by atoms with Crippen molar-refractivity contribution in [1.82, 2.24) is 4.98 Å². The minimum atomic E-state index is 0.385. The fourth-order valence-electron chi connectivity index (χ4n) is 2.12. The molecule has 1 heterocycles. The van der Waals surface area contributed by atoms with E-state index < -0.39 is 0 Å². The lowest BCUT2D eigenvalue weighted by molar-refractivity contribution is 0.318. The third-order valence-electron chi connectivity index (χ3n) is 2.94. The van der Waals surface area contributed by atoms with Gasteiger partial charge in [0.05, 0.1) is 5.69 Å². The van der Waals surface area contributed by atoms with Gasteiger partial charge < -0.3 is 4.42 Å². The minimum Gasteiger partial charge on any atom is -0.440 e. The Hall–Kier alpha value is 0.0400. The van der Waals surface area contributed by atoms with Gasteiger partial charge in [0.25, 0.3) is 5.22 Å². The van der Waals surface area contributed by atoms with E-state index in [1.54, 1.807) is 18.0 Å². The zero-order chi connectivity index (χ0) is 12.7. The van der Waals surface area contributed by atoms with Crippen molar-refractivity contribution in [3.05, 3.63) is 12.0 Å². The Morgan fingerprint density at radius 2 is 2.00 bits per heavy atom. The first-order chi connectivity index (χ1) is 8.15. The lowest BCUT2D eigenvalue weighted by Crippen LogP contribution is -2.25. The molecule has 0 aliphatic rings. The molecule has 0 saturated carbocycles. The molecule has 0 aliphatic carbocycles. The number of alkyl halides is 1. The number of aryl methyl sites for hydroxylation is 1. The summed E-state index contributed by atoms with van der Waals surface area (Å²) in [6, 6.07) is 0. The summed E-state index contributed by atoms with van der Waals surface area (Å²) in [5.74, 6) is 1.08. The maximum Gasteiger partial charge on any atom is 0.255 e. The smallest absolute Gasteiger partial charge is 0.255 e. The zero-order valence-corrected chi connectivity index (χ0v) is 13.4. The van der Waals surface area contributed by atoms with E-state index in [2.05, 4.69) is 34.8 Å². The van der Waals surface area contributed by atoms with Crippen LogP contribution in [0.2, 0.25) is 0 Å². The number of oxazole rings is 1. The van der Waals surface area contributed by atoms with Crippen LogP contribution in [0.4, 0.5) is 0 Å². The number of hydrogen-bond donors (Lipinski definition) is 0. The van der Waals surface area contributed by atoms with Crippen molar-refractivity contribution in [1.29, 1.82) is 0 Å². The molecule has 0 amide bonds. The molecule has 17 heavy (non-hydrogen) atoms. The lowest BCUT2D eigenvalue weighted by Gasteiger charge is -2.30. The Labute approximate surface area is 117 Å². The highest BCUT2D eigenvalue weighted by Gasteiger charge is 2.28. The Morgan fingerprint density at radius 1 is 1.35 bits per heavy atom. The number of aromatic nitrogens is 1. The average Bonchev–Trinajstić information content (AvgIpc) is 2.73. The molecule has 0 atom stereocenters. The Balaban J connectivity index is 2.59.